The van der Waals surface area contributed by atoms with E-state index in [1.807, 2.05) is 0 Å². The minimum atomic E-state index is -3.29. The van der Waals surface area contributed by atoms with Gasteiger partial charge in [0.1, 0.15) is 0 Å². The van der Waals surface area contributed by atoms with Crippen LogP contribution in [0.2, 0.25) is 5.02 Å². The Hall–Kier alpha value is -0.620. The maximum atomic E-state index is 11.6. The summed E-state index contributed by atoms with van der Waals surface area (Å²) < 4.78 is 23.2. The number of nitrogens with two attached hydrogens (primary N) is 1. The van der Waals surface area contributed by atoms with Crippen LogP contribution in [0.15, 0.2) is 24.3 Å². The average molecular weight is 276 g/mol. The van der Waals surface area contributed by atoms with Gasteiger partial charge in [0, 0.05) is 17.2 Å². The van der Waals surface area contributed by atoms with Crippen LogP contribution in [0.3, 0.4) is 0 Å². The van der Waals surface area contributed by atoms with Crippen LogP contribution in [-0.4, -0.2) is 37.2 Å². The lowest BCUT2D eigenvalue weighted by Gasteiger charge is -2.06. The van der Waals surface area contributed by atoms with E-state index in [4.69, 9.17) is 17.3 Å². The molecule has 3 atom stereocenters. The molecule has 0 amide bonds. The van der Waals surface area contributed by atoms with E-state index in [-0.39, 0.29) is 12.5 Å². The van der Waals surface area contributed by atoms with Crippen molar-refractivity contribution in [2.45, 2.75) is 16.7 Å². The summed E-state index contributed by atoms with van der Waals surface area (Å²) in [5, 5.41) is 9.07. The normalized spacial score (nSPS) is 32.5. The first-order chi connectivity index (χ1) is 7.80. The Bertz CT molecular complexity index is 545. The van der Waals surface area contributed by atoms with E-state index in [0.29, 0.717) is 5.02 Å². The summed E-state index contributed by atoms with van der Waals surface area (Å²) in [6.45, 7) is -0.359. The minimum Gasteiger partial charge on any atom is -0.394 e. The van der Waals surface area contributed by atoms with Crippen LogP contribution in [0.1, 0.15) is 11.5 Å². The van der Waals surface area contributed by atoms with Gasteiger partial charge in [-0.25, -0.2) is 8.42 Å². The van der Waals surface area contributed by atoms with E-state index in [1.165, 1.54) is 0 Å². The van der Waals surface area contributed by atoms with E-state index >= 15 is 0 Å². The maximum absolute atomic E-state index is 11.6. The van der Waals surface area contributed by atoms with Crippen molar-refractivity contribution in [2.24, 2.45) is 5.73 Å². The highest BCUT2D eigenvalue weighted by Crippen LogP contribution is 2.53. The second-order valence-corrected chi connectivity index (χ2v) is 7.16. The molecule has 94 valence electrons. The second-order valence-electron chi connectivity index (χ2n) is 4.55. The molecule has 2 rings (SSSR count). The standard InChI is InChI=1S/C11H14ClNO3S/c1-17(15,16)10-9(11(10,13)6-14)7-3-2-4-8(12)5-7/h2-5,9-10,14H,6,13H2,1H3/t9-,10+,11+/m0/s1. The summed E-state index contributed by atoms with van der Waals surface area (Å²) in [5.41, 5.74) is 5.60. The predicted molar refractivity (Wildman–Crippen MR) is 66.8 cm³/mol. The highest BCUT2D eigenvalue weighted by Gasteiger charge is 2.67. The van der Waals surface area contributed by atoms with Crippen LogP contribution in [-0.2, 0) is 9.84 Å². The maximum Gasteiger partial charge on any atom is 0.152 e. The van der Waals surface area contributed by atoms with Crippen LogP contribution in [0, 0.1) is 0 Å². The van der Waals surface area contributed by atoms with Gasteiger partial charge in [-0.05, 0) is 17.7 Å². The largest absolute Gasteiger partial charge is 0.394 e. The van der Waals surface area contributed by atoms with Crippen molar-refractivity contribution in [3.63, 3.8) is 0 Å². The van der Waals surface area contributed by atoms with Crippen LogP contribution >= 0.6 is 11.6 Å². The fourth-order valence-corrected chi connectivity index (χ4v) is 4.49. The zero-order chi connectivity index (χ0) is 12.8. The van der Waals surface area contributed by atoms with Gasteiger partial charge in [0.15, 0.2) is 9.84 Å². The minimum absolute atomic E-state index is 0.359. The van der Waals surface area contributed by atoms with Gasteiger partial charge in [-0.1, -0.05) is 23.7 Å². The van der Waals surface area contributed by atoms with Crippen molar-refractivity contribution in [1.29, 1.82) is 0 Å². The third-order valence-corrected chi connectivity index (χ3v) is 5.11. The second kappa shape index (κ2) is 3.95. The number of benzene rings is 1. The van der Waals surface area contributed by atoms with Crippen LogP contribution in [0.4, 0.5) is 0 Å². The van der Waals surface area contributed by atoms with E-state index in [1.54, 1.807) is 24.3 Å². The molecule has 0 unspecified atom stereocenters. The molecule has 17 heavy (non-hydrogen) atoms. The van der Waals surface area contributed by atoms with Crippen molar-refractivity contribution in [3.8, 4) is 0 Å². The molecule has 0 aromatic heterocycles. The lowest BCUT2D eigenvalue weighted by Crippen LogP contribution is -2.34. The van der Waals surface area contributed by atoms with Gasteiger partial charge in [0.25, 0.3) is 0 Å². The molecule has 0 heterocycles. The monoisotopic (exact) mass is 275 g/mol. The molecule has 3 N–H and O–H groups in total. The summed E-state index contributed by atoms with van der Waals surface area (Å²) in [5.74, 6) is -0.388. The Morgan fingerprint density at radius 3 is 2.59 bits per heavy atom. The van der Waals surface area contributed by atoms with Crippen molar-refractivity contribution < 1.29 is 13.5 Å². The lowest BCUT2D eigenvalue weighted by atomic mass is 10.1. The number of hydrogen-bond donors (Lipinski definition) is 2. The molecule has 0 saturated heterocycles. The van der Waals surface area contributed by atoms with Crippen molar-refractivity contribution in [3.05, 3.63) is 34.9 Å². The van der Waals surface area contributed by atoms with Gasteiger partial charge in [0.2, 0.25) is 0 Å². The SMILES string of the molecule is CS(=O)(=O)[C@@H]1[C@H](c2cccc(Cl)c2)[C@]1(N)CO. The van der Waals surface area contributed by atoms with E-state index in [9.17, 15) is 13.5 Å². The zero-order valence-corrected chi connectivity index (χ0v) is 10.9. The zero-order valence-electron chi connectivity index (χ0n) is 9.30. The number of halogens is 1. The molecule has 0 spiro atoms. The summed E-state index contributed by atoms with van der Waals surface area (Å²) in [6, 6.07) is 6.92. The first-order valence-electron chi connectivity index (χ1n) is 5.15. The number of sulfone groups is 1. The van der Waals surface area contributed by atoms with Crippen molar-refractivity contribution >= 4 is 21.4 Å². The fraction of sp³-hybridized carbons (Fsp3) is 0.455. The molecule has 1 aromatic carbocycles. The summed E-state index contributed by atoms with van der Waals surface area (Å²) >= 11 is 5.86. The van der Waals surface area contributed by atoms with Gasteiger partial charge in [-0.2, -0.15) is 0 Å². The molecule has 1 aliphatic carbocycles. The van der Waals surface area contributed by atoms with Gasteiger partial charge < -0.3 is 10.8 Å². The average Bonchev–Trinajstić information content (AvgIpc) is 2.86. The quantitative estimate of drug-likeness (QED) is 0.844. The van der Waals surface area contributed by atoms with Crippen molar-refractivity contribution in [2.75, 3.05) is 12.9 Å². The molecule has 0 aliphatic heterocycles. The smallest absolute Gasteiger partial charge is 0.152 e. The van der Waals surface area contributed by atoms with Crippen LogP contribution in [0.25, 0.3) is 0 Å². The topological polar surface area (TPSA) is 80.4 Å². The van der Waals surface area contributed by atoms with E-state index < -0.39 is 20.6 Å². The highest BCUT2D eigenvalue weighted by atomic mass is 35.5. The molecule has 0 bridgehead atoms. The number of aliphatic hydroxyl groups excluding tert-OH is 1. The van der Waals surface area contributed by atoms with Gasteiger partial charge in [-0.15, -0.1) is 0 Å². The number of hydrogen-bond acceptors (Lipinski definition) is 4. The predicted octanol–water partition coefficient (Wildman–Crippen LogP) is 0.540. The summed E-state index contributed by atoms with van der Waals surface area (Å²) in [6.07, 6.45) is 1.14. The molecule has 1 aromatic rings. The molecule has 4 nitrogen and oxygen atoms in total. The molecular formula is C11H14ClNO3S. The van der Waals surface area contributed by atoms with Gasteiger partial charge in [0.05, 0.1) is 17.4 Å². The van der Waals surface area contributed by atoms with E-state index in [2.05, 4.69) is 0 Å². The Morgan fingerprint density at radius 1 is 1.53 bits per heavy atom. The first-order valence-corrected chi connectivity index (χ1v) is 7.48. The van der Waals surface area contributed by atoms with Crippen LogP contribution < -0.4 is 5.73 Å². The first kappa shape index (κ1) is 12.8. The van der Waals surface area contributed by atoms with Gasteiger partial charge >= 0.3 is 0 Å². The fourth-order valence-electron chi connectivity index (χ4n) is 2.44. The highest BCUT2D eigenvalue weighted by molar-refractivity contribution is 7.91. The molecule has 1 fully saturated rings. The molecule has 0 radical (unpaired) electrons. The third kappa shape index (κ3) is 2.08. The molecule has 1 saturated carbocycles. The third-order valence-electron chi connectivity index (χ3n) is 3.25. The lowest BCUT2D eigenvalue weighted by molar-refractivity contribution is 0.253. The molecular weight excluding hydrogens is 262 g/mol. The van der Waals surface area contributed by atoms with E-state index in [0.717, 1.165) is 11.8 Å². The van der Waals surface area contributed by atoms with Gasteiger partial charge in [-0.3, -0.25) is 0 Å². The number of aliphatic hydroxyl groups is 1. The Morgan fingerprint density at radius 2 is 2.18 bits per heavy atom. The van der Waals surface area contributed by atoms with Crippen LogP contribution in [0.5, 0.6) is 0 Å². The molecule has 6 heteroatoms. The number of rotatable bonds is 3. The van der Waals surface area contributed by atoms with Crippen molar-refractivity contribution in [1.82, 2.24) is 0 Å². The summed E-state index contributed by atoms with van der Waals surface area (Å²) in [7, 11) is -3.29. The Labute approximate surface area is 105 Å². The Kier molecular flexibility index (Phi) is 2.98. The Balaban J connectivity index is 2.41. The molecule has 1 aliphatic rings. The summed E-state index contributed by atoms with van der Waals surface area (Å²) in [4.78, 5) is 0.